The minimum absolute atomic E-state index is 0.219. The molecule has 0 spiro atoms. The van der Waals surface area contributed by atoms with E-state index in [0.29, 0.717) is 12.3 Å². The van der Waals surface area contributed by atoms with Crippen LogP contribution in [0.4, 0.5) is 0 Å². The van der Waals surface area contributed by atoms with Gasteiger partial charge in [-0.15, -0.1) is 0 Å². The van der Waals surface area contributed by atoms with Crippen LogP contribution in [0.15, 0.2) is 29.1 Å². The van der Waals surface area contributed by atoms with Gasteiger partial charge in [0.25, 0.3) is 5.56 Å². The predicted molar refractivity (Wildman–Crippen MR) is 69.4 cm³/mol. The third kappa shape index (κ3) is 2.85. The Bertz CT molecular complexity index is 625. The minimum Gasteiger partial charge on any atom is -0.494 e. The summed E-state index contributed by atoms with van der Waals surface area (Å²) in [5.41, 5.74) is 1.04. The Kier molecular flexibility index (Phi) is 3.70. The quantitative estimate of drug-likeness (QED) is 0.758. The molecule has 2 rings (SSSR count). The molecule has 6 nitrogen and oxygen atoms in total. The van der Waals surface area contributed by atoms with Crippen LogP contribution in [0.1, 0.15) is 12.5 Å². The van der Waals surface area contributed by atoms with E-state index in [1.807, 2.05) is 6.92 Å². The van der Waals surface area contributed by atoms with Gasteiger partial charge in [0.05, 0.1) is 24.3 Å². The van der Waals surface area contributed by atoms with Crippen LogP contribution >= 0.6 is 0 Å². The van der Waals surface area contributed by atoms with Gasteiger partial charge in [0.15, 0.2) is 0 Å². The highest BCUT2D eigenvalue weighted by Crippen LogP contribution is 2.22. The summed E-state index contributed by atoms with van der Waals surface area (Å²) in [6, 6.07) is 7.09. The van der Waals surface area contributed by atoms with Crippen molar-refractivity contribution in [1.82, 2.24) is 10.2 Å². The van der Waals surface area contributed by atoms with Crippen LogP contribution in [0.25, 0.3) is 11.3 Å². The number of aromatic amines is 2. The average molecular weight is 262 g/mol. The Morgan fingerprint density at radius 1 is 1.26 bits per heavy atom. The molecular formula is C13H14N2O4. The molecule has 0 amide bonds. The first-order chi connectivity index (χ1) is 9.11. The second-order valence-electron chi connectivity index (χ2n) is 3.96. The van der Waals surface area contributed by atoms with Gasteiger partial charge in [-0.05, 0) is 31.2 Å². The van der Waals surface area contributed by atoms with Gasteiger partial charge in [0.1, 0.15) is 5.75 Å². The number of ether oxygens (including phenoxy) is 1. The first-order valence-electron chi connectivity index (χ1n) is 5.86. The number of hydrogen-bond acceptors (Lipinski definition) is 3. The second-order valence-corrected chi connectivity index (χ2v) is 3.96. The largest absolute Gasteiger partial charge is 0.494 e. The fourth-order valence-corrected chi connectivity index (χ4v) is 1.83. The zero-order valence-electron chi connectivity index (χ0n) is 10.4. The van der Waals surface area contributed by atoms with E-state index in [1.165, 1.54) is 0 Å². The molecular weight excluding hydrogens is 248 g/mol. The van der Waals surface area contributed by atoms with Crippen LogP contribution in [-0.4, -0.2) is 27.9 Å². The van der Waals surface area contributed by atoms with Crippen molar-refractivity contribution in [3.63, 3.8) is 0 Å². The van der Waals surface area contributed by atoms with Gasteiger partial charge in [0.2, 0.25) is 0 Å². The van der Waals surface area contributed by atoms with Crippen molar-refractivity contribution >= 4 is 5.97 Å². The summed E-state index contributed by atoms with van der Waals surface area (Å²) in [4.78, 5) is 22.3. The van der Waals surface area contributed by atoms with E-state index < -0.39 is 11.5 Å². The lowest BCUT2D eigenvalue weighted by Gasteiger charge is -2.04. The van der Waals surface area contributed by atoms with E-state index in [2.05, 4.69) is 10.2 Å². The lowest BCUT2D eigenvalue weighted by molar-refractivity contribution is -0.136. The standard InChI is InChI=1S/C13H14N2O4/c1-2-19-9-5-3-8(4-6-9)12-10(7-11(16)17)13(18)15-14-12/h3-6H,2,7H2,1H3,(H,16,17)(H2,14,15,18). The van der Waals surface area contributed by atoms with E-state index in [0.717, 1.165) is 11.3 Å². The summed E-state index contributed by atoms with van der Waals surface area (Å²) in [5, 5.41) is 13.9. The molecule has 0 aliphatic carbocycles. The van der Waals surface area contributed by atoms with Crippen LogP contribution in [-0.2, 0) is 11.2 Å². The summed E-state index contributed by atoms with van der Waals surface area (Å²) in [5.74, 6) is -0.318. The highest BCUT2D eigenvalue weighted by Gasteiger charge is 2.14. The van der Waals surface area contributed by atoms with Gasteiger partial charge in [-0.3, -0.25) is 19.8 Å². The maximum atomic E-state index is 11.5. The number of aliphatic carboxylic acids is 1. The Balaban J connectivity index is 2.36. The maximum Gasteiger partial charge on any atom is 0.308 e. The zero-order valence-corrected chi connectivity index (χ0v) is 10.4. The topological polar surface area (TPSA) is 95.2 Å². The van der Waals surface area contributed by atoms with Crippen molar-refractivity contribution in [2.75, 3.05) is 6.61 Å². The highest BCUT2D eigenvalue weighted by molar-refractivity contribution is 5.74. The Hall–Kier alpha value is -2.50. The number of benzene rings is 1. The summed E-state index contributed by atoms with van der Waals surface area (Å²) in [7, 11) is 0. The number of carboxylic acid groups (broad SMARTS) is 1. The molecule has 1 aromatic carbocycles. The molecule has 0 bridgehead atoms. The average Bonchev–Trinajstić information content (AvgIpc) is 2.72. The van der Waals surface area contributed by atoms with E-state index in [4.69, 9.17) is 9.84 Å². The first kappa shape index (κ1) is 12.9. The van der Waals surface area contributed by atoms with Gasteiger partial charge < -0.3 is 9.84 Å². The van der Waals surface area contributed by atoms with Crippen LogP contribution in [0.2, 0.25) is 0 Å². The highest BCUT2D eigenvalue weighted by atomic mass is 16.5. The van der Waals surface area contributed by atoms with Crippen LogP contribution in [0, 0.1) is 0 Å². The molecule has 0 saturated carbocycles. The molecule has 0 aliphatic heterocycles. The van der Waals surface area contributed by atoms with Crippen molar-refractivity contribution in [3.8, 4) is 17.0 Å². The summed E-state index contributed by atoms with van der Waals surface area (Å²) in [6.07, 6.45) is -0.318. The van der Waals surface area contributed by atoms with E-state index >= 15 is 0 Å². The van der Waals surface area contributed by atoms with Gasteiger partial charge in [-0.1, -0.05) is 0 Å². The van der Waals surface area contributed by atoms with Gasteiger partial charge >= 0.3 is 5.97 Å². The smallest absolute Gasteiger partial charge is 0.308 e. The van der Waals surface area contributed by atoms with Crippen molar-refractivity contribution < 1.29 is 14.6 Å². The van der Waals surface area contributed by atoms with Crippen molar-refractivity contribution in [3.05, 3.63) is 40.2 Å². The van der Waals surface area contributed by atoms with Gasteiger partial charge in [0, 0.05) is 5.56 Å². The SMILES string of the molecule is CCOc1ccc(-c2[nH][nH]c(=O)c2CC(=O)O)cc1. The molecule has 0 atom stereocenters. The Labute approximate surface area is 109 Å². The predicted octanol–water partition coefficient (Wildman–Crippen LogP) is 1.40. The molecule has 19 heavy (non-hydrogen) atoms. The van der Waals surface area contributed by atoms with Crippen LogP contribution < -0.4 is 10.3 Å². The van der Waals surface area contributed by atoms with Crippen LogP contribution in [0.3, 0.4) is 0 Å². The number of hydrogen-bond donors (Lipinski definition) is 3. The third-order valence-electron chi connectivity index (χ3n) is 2.66. The molecule has 0 radical (unpaired) electrons. The Morgan fingerprint density at radius 2 is 1.95 bits per heavy atom. The molecule has 3 N–H and O–H groups in total. The fourth-order valence-electron chi connectivity index (χ4n) is 1.83. The lowest BCUT2D eigenvalue weighted by Crippen LogP contribution is -2.11. The number of H-pyrrole nitrogens is 2. The molecule has 0 fully saturated rings. The summed E-state index contributed by atoms with van der Waals surface area (Å²) in [6.45, 7) is 2.47. The molecule has 100 valence electrons. The van der Waals surface area contributed by atoms with Crippen molar-refractivity contribution in [1.29, 1.82) is 0 Å². The number of aromatic nitrogens is 2. The maximum absolute atomic E-state index is 11.5. The molecule has 0 saturated heterocycles. The molecule has 6 heteroatoms. The minimum atomic E-state index is -1.04. The fraction of sp³-hybridized carbons (Fsp3) is 0.231. The summed E-state index contributed by atoms with van der Waals surface area (Å²) < 4.78 is 5.32. The van der Waals surface area contributed by atoms with E-state index in [9.17, 15) is 9.59 Å². The molecule has 2 aromatic rings. The molecule has 1 aromatic heterocycles. The number of carboxylic acids is 1. The zero-order chi connectivity index (χ0) is 13.8. The van der Waals surface area contributed by atoms with Crippen LogP contribution in [0.5, 0.6) is 5.75 Å². The monoisotopic (exact) mass is 262 g/mol. The summed E-state index contributed by atoms with van der Waals surface area (Å²) >= 11 is 0. The van der Waals surface area contributed by atoms with Gasteiger partial charge in [-0.25, -0.2) is 0 Å². The van der Waals surface area contributed by atoms with Crippen molar-refractivity contribution in [2.45, 2.75) is 13.3 Å². The molecule has 1 heterocycles. The second kappa shape index (κ2) is 5.43. The number of carbonyl (C=O) groups is 1. The normalized spacial score (nSPS) is 10.4. The number of nitrogens with one attached hydrogen (secondary N) is 2. The van der Waals surface area contributed by atoms with Gasteiger partial charge in [-0.2, -0.15) is 0 Å². The van der Waals surface area contributed by atoms with E-state index in [1.54, 1.807) is 24.3 Å². The molecule has 0 aliphatic rings. The third-order valence-corrected chi connectivity index (χ3v) is 2.66. The van der Waals surface area contributed by atoms with E-state index in [-0.39, 0.29) is 12.0 Å². The van der Waals surface area contributed by atoms with Crippen molar-refractivity contribution in [2.24, 2.45) is 0 Å². The lowest BCUT2D eigenvalue weighted by atomic mass is 10.1. The molecule has 0 unspecified atom stereocenters. The first-order valence-corrected chi connectivity index (χ1v) is 5.86. The Morgan fingerprint density at radius 3 is 2.53 bits per heavy atom. The number of rotatable bonds is 5.